The third kappa shape index (κ3) is 3.00. The number of amides is 1. The number of nitrogen functional groups attached to an aromatic ring is 1. The van der Waals surface area contributed by atoms with Crippen LogP contribution >= 0.6 is 0 Å². The van der Waals surface area contributed by atoms with Gasteiger partial charge < -0.3 is 16.2 Å². The van der Waals surface area contributed by atoms with Gasteiger partial charge in [-0.25, -0.2) is 0 Å². The molecule has 0 saturated carbocycles. The number of hydrogen-bond donors (Lipinski definition) is 4. The summed E-state index contributed by atoms with van der Waals surface area (Å²) in [5.41, 5.74) is 7.17. The number of hydrogen-bond acceptors (Lipinski definition) is 4. The number of carbonyl (C=O) groups is 1. The number of aromatic nitrogens is 2. The summed E-state index contributed by atoms with van der Waals surface area (Å²) in [7, 11) is 0. The lowest BCUT2D eigenvalue weighted by molar-refractivity contribution is 0.0848. The van der Waals surface area contributed by atoms with Gasteiger partial charge in [0.05, 0.1) is 12.1 Å². The standard InChI is InChI=1S/C15H22N4O2/c1-3-15(4-2,9-20)8-17-14(21)13-11-7-10(16)5-6-12(11)18-19-13/h5-7,20H,3-4,8-9,16H2,1-2H3,(H,17,21)(H,18,19). The van der Waals surface area contributed by atoms with E-state index in [1.807, 2.05) is 13.8 Å². The summed E-state index contributed by atoms with van der Waals surface area (Å²) in [6.07, 6.45) is 1.60. The minimum Gasteiger partial charge on any atom is -0.399 e. The summed E-state index contributed by atoms with van der Waals surface area (Å²) >= 11 is 0. The lowest BCUT2D eigenvalue weighted by Gasteiger charge is -2.29. The molecule has 1 aromatic heterocycles. The van der Waals surface area contributed by atoms with Gasteiger partial charge in [0.15, 0.2) is 5.69 Å². The molecule has 0 saturated heterocycles. The van der Waals surface area contributed by atoms with E-state index >= 15 is 0 Å². The summed E-state index contributed by atoms with van der Waals surface area (Å²) in [4.78, 5) is 12.3. The molecule has 1 amide bonds. The molecular formula is C15H22N4O2. The van der Waals surface area contributed by atoms with Gasteiger partial charge in [-0.2, -0.15) is 5.10 Å². The van der Waals surface area contributed by atoms with Crippen molar-refractivity contribution in [3.63, 3.8) is 0 Å². The van der Waals surface area contributed by atoms with Gasteiger partial charge in [-0.15, -0.1) is 0 Å². The number of H-pyrrole nitrogens is 1. The van der Waals surface area contributed by atoms with Crippen LogP contribution in [0.25, 0.3) is 10.9 Å². The van der Waals surface area contributed by atoms with Crippen LogP contribution in [0.5, 0.6) is 0 Å². The first-order valence-corrected chi connectivity index (χ1v) is 7.18. The van der Waals surface area contributed by atoms with Crippen molar-refractivity contribution in [2.75, 3.05) is 18.9 Å². The topological polar surface area (TPSA) is 104 Å². The number of carbonyl (C=O) groups excluding carboxylic acids is 1. The molecule has 0 fully saturated rings. The van der Waals surface area contributed by atoms with E-state index in [1.165, 1.54) is 0 Å². The predicted molar refractivity (Wildman–Crippen MR) is 82.9 cm³/mol. The van der Waals surface area contributed by atoms with Gasteiger partial charge >= 0.3 is 0 Å². The van der Waals surface area contributed by atoms with E-state index in [2.05, 4.69) is 15.5 Å². The Morgan fingerprint density at radius 2 is 2.14 bits per heavy atom. The third-order valence-corrected chi connectivity index (χ3v) is 4.26. The number of aliphatic hydroxyl groups excluding tert-OH is 1. The van der Waals surface area contributed by atoms with Crippen molar-refractivity contribution in [1.82, 2.24) is 15.5 Å². The van der Waals surface area contributed by atoms with Crippen molar-refractivity contribution in [2.45, 2.75) is 26.7 Å². The first-order chi connectivity index (χ1) is 10.0. The van der Waals surface area contributed by atoms with Gasteiger partial charge in [-0.1, -0.05) is 13.8 Å². The van der Waals surface area contributed by atoms with Gasteiger partial charge in [0.1, 0.15) is 0 Å². The second kappa shape index (κ2) is 6.13. The molecule has 0 unspecified atom stereocenters. The third-order valence-electron chi connectivity index (χ3n) is 4.26. The van der Waals surface area contributed by atoms with Crippen LogP contribution in [0.3, 0.4) is 0 Å². The van der Waals surface area contributed by atoms with Crippen LogP contribution in [0.1, 0.15) is 37.2 Å². The fraction of sp³-hybridized carbons (Fsp3) is 0.467. The van der Waals surface area contributed by atoms with Gasteiger partial charge in [0.2, 0.25) is 0 Å². The van der Waals surface area contributed by atoms with Crippen LogP contribution < -0.4 is 11.1 Å². The van der Waals surface area contributed by atoms with E-state index in [-0.39, 0.29) is 17.9 Å². The first kappa shape index (κ1) is 15.3. The Hall–Kier alpha value is -2.08. The molecule has 2 rings (SSSR count). The number of aliphatic hydroxyl groups is 1. The number of nitrogens with zero attached hydrogens (tertiary/aromatic N) is 1. The highest BCUT2D eigenvalue weighted by Gasteiger charge is 2.26. The molecule has 2 aromatic rings. The van der Waals surface area contributed by atoms with E-state index in [1.54, 1.807) is 18.2 Å². The van der Waals surface area contributed by atoms with Crippen LogP contribution in [-0.4, -0.2) is 34.4 Å². The summed E-state index contributed by atoms with van der Waals surface area (Å²) in [6.45, 7) is 4.49. The fourth-order valence-corrected chi connectivity index (χ4v) is 2.34. The number of benzene rings is 1. The molecule has 0 spiro atoms. The molecule has 6 heteroatoms. The van der Waals surface area contributed by atoms with Crippen LogP contribution in [0.15, 0.2) is 18.2 Å². The zero-order valence-electron chi connectivity index (χ0n) is 12.4. The molecule has 0 aliphatic carbocycles. The van der Waals surface area contributed by atoms with Gasteiger partial charge in [0, 0.05) is 23.0 Å². The zero-order valence-corrected chi connectivity index (χ0v) is 12.4. The lowest BCUT2D eigenvalue weighted by Crippen LogP contribution is -2.39. The van der Waals surface area contributed by atoms with Crippen molar-refractivity contribution in [1.29, 1.82) is 0 Å². The summed E-state index contributed by atoms with van der Waals surface area (Å²) in [5.74, 6) is -0.258. The monoisotopic (exact) mass is 290 g/mol. The number of fused-ring (bicyclic) bond motifs is 1. The second-order valence-electron chi connectivity index (χ2n) is 5.43. The van der Waals surface area contributed by atoms with E-state index < -0.39 is 0 Å². The molecule has 6 nitrogen and oxygen atoms in total. The molecule has 0 bridgehead atoms. The van der Waals surface area contributed by atoms with E-state index in [4.69, 9.17) is 5.73 Å². The fourth-order valence-electron chi connectivity index (χ4n) is 2.34. The smallest absolute Gasteiger partial charge is 0.272 e. The number of anilines is 1. The molecule has 1 aromatic carbocycles. The molecule has 1 heterocycles. The molecule has 0 atom stereocenters. The highest BCUT2D eigenvalue weighted by Crippen LogP contribution is 2.25. The maximum Gasteiger partial charge on any atom is 0.272 e. The molecule has 0 aliphatic heterocycles. The average molecular weight is 290 g/mol. The number of rotatable bonds is 6. The Kier molecular flexibility index (Phi) is 4.47. The summed E-state index contributed by atoms with van der Waals surface area (Å²) in [5, 5.41) is 20.0. The van der Waals surface area contributed by atoms with Crippen LogP contribution in [0.4, 0.5) is 5.69 Å². The largest absolute Gasteiger partial charge is 0.399 e. The Morgan fingerprint density at radius 1 is 1.43 bits per heavy atom. The first-order valence-electron chi connectivity index (χ1n) is 7.18. The summed E-state index contributed by atoms with van der Waals surface area (Å²) < 4.78 is 0. The highest BCUT2D eigenvalue weighted by atomic mass is 16.3. The predicted octanol–water partition coefficient (Wildman–Crippen LogP) is 1.67. The van der Waals surface area contributed by atoms with E-state index in [9.17, 15) is 9.90 Å². The Labute approximate surface area is 123 Å². The zero-order chi connectivity index (χ0) is 15.5. The van der Waals surface area contributed by atoms with E-state index in [0.29, 0.717) is 23.3 Å². The van der Waals surface area contributed by atoms with Crippen molar-refractivity contribution in [3.8, 4) is 0 Å². The summed E-state index contributed by atoms with van der Waals surface area (Å²) in [6, 6.07) is 5.28. The molecule has 114 valence electrons. The number of aromatic amines is 1. The van der Waals surface area contributed by atoms with Gasteiger partial charge in [0.25, 0.3) is 5.91 Å². The van der Waals surface area contributed by atoms with Crippen LogP contribution in [-0.2, 0) is 0 Å². The maximum absolute atomic E-state index is 12.3. The highest BCUT2D eigenvalue weighted by molar-refractivity contribution is 6.05. The minimum absolute atomic E-state index is 0.0501. The molecule has 0 aliphatic rings. The minimum atomic E-state index is -0.277. The van der Waals surface area contributed by atoms with Gasteiger partial charge in [-0.05, 0) is 31.0 Å². The lowest BCUT2D eigenvalue weighted by atomic mass is 9.83. The molecule has 5 N–H and O–H groups in total. The van der Waals surface area contributed by atoms with Crippen LogP contribution in [0.2, 0.25) is 0 Å². The Bertz CT molecular complexity index is 623. The quantitative estimate of drug-likeness (QED) is 0.607. The SMILES string of the molecule is CCC(CC)(CO)CNC(=O)c1n[nH]c2ccc(N)cc12. The Balaban J connectivity index is 2.17. The Morgan fingerprint density at radius 3 is 2.76 bits per heavy atom. The van der Waals surface area contributed by atoms with Crippen LogP contribution in [0, 0.1) is 5.41 Å². The number of nitrogens with two attached hydrogens (primary N) is 1. The van der Waals surface area contributed by atoms with Crippen molar-refractivity contribution < 1.29 is 9.90 Å². The molecule has 0 radical (unpaired) electrons. The van der Waals surface area contributed by atoms with Crippen molar-refractivity contribution >= 4 is 22.5 Å². The normalized spacial score (nSPS) is 11.8. The number of nitrogens with one attached hydrogen (secondary N) is 2. The van der Waals surface area contributed by atoms with E-state index in [0.717, 1.165) is 18.4 Å². The maximum atomic E-state index is 12.3. The van der Waals surface area contributed by atoms with Crippen molar-refractivity contribution in [2.24, 2.45) is 5.41 Å². The molecular weight excluding hydrogens is 268 g/mol. The van der Waals surface area contributed by atoms with Crippen molar-refractivity contribution in [3.05, 3.63) is 23.9 Å². The second-order valence-corrected chi connectivity index (χ2v) is 5.43. The van der Waals surface area contributed by atoms with Gasteiger partial charge in [-0.3, -0.25) is 9.89 Å². The average Bonchev–Trinajstić information content (AvgIpc) is 2.92. The molecule has 21 heavy (non-hydrogen) atoms.